The molecular formula is C27H27NO3S. The van der Waals surface area contributed by atoms with Crippen LogP contribution in [0.25, 0.3) is 0 Å². The Hall–Kier alpha value is -2.76. The van der Waals surface area contributed by atoms with Gasteiger partial charge in [-0.25, -0.2) is 4.79 Å². The van der Waals surface area contributed by atoms with E-state index in [1.807, 2.05) is 23.9 Å². The average molecular weight is 446 g/mol. The van der Waals surface area contributed by atoms with Crippen LogP contribution in [0, 0.1) is 0 Å². The second-order valence-corrected chi connectivity index (χ2v) is 9.49. The maximum absolute atomic E-state index is 12.2. The topological polar surface area (TPSA) is 38.8 Å². The van der Waals surface area contributed by atoms with Gasteiger partial charge in [-0.15, -0.1) is 11.8 Å². The van der Waals surface area contributed by atoms with Crippen LogP contribution >= 0.6 is 11.8 Å². The van der Waals surface area contributed by atoms with Crippen molar-refractivity contribution in [2.75, 3.05) is 26.0 Å². The van der Waals surface area contributed by atoms with E-state index in [0.717, 1.165) is 43.1 Å². The lowest BCUT2D eigenvalue weighted by atomic mass is 9.98. The zero-order valence-corrected chi connectivity index (χ0v) is 19.1. The molecule has 2 heterocycles. The lowest BCUT2D eigenvalue weighted by Gasteiger charge is -2.29. The molecule has 0 bridgehead atoms. The van der Waals surface area contributed by atoms with E-state index in [-0.39, 0.29) is 11.2 Å². The highest BCUT2D eigenvalue weighted by molar-refractivity contribution is 7.99. The van der Waals surface area contributed by atoms with Crippen molar-refractivity contribution in [2.24, 2.45) is 0 Å². The minimum Gasteiger partial charge on any atom is -0.489 e. The zero-order chi connectivity index (χ0) is 21.9. The number of thioether (sulfide) groups is 1. The van der Waals surface area contributed by atoms with Crippen LogP contribution in [0.15, 0.2) is 66.7 Å². The van der Waals surface area contributed by atoms with Gasteiger partial charge in [-0.1, -0.05) is 48.5 Å². The number of ether oxygens (including phenoxy) is 2. The van der Waals surface area contributed by atoms with Gasteiger partial charge in [-0.2, -0.15) is 0 Å². The number of hydrogen-bond acceptors (Lipinski definition) is 5. The van der Waals surface area contributed by atoms with Gasteiger partial charge in [0, 0.05) is 31.0 Å². The molecule has 0 amide bonds. The summed E-state index contributed by atoms with van der Waals surface area (Å²) in [6.07, 6.45) is 1.12. The third-order valence-corrected chi connectivity index (χ3v) is 7.60. The van der Waals surface area contributed by atoms with Gasteiger partial charge in [0.25, 0.3) is 0 Å². The van der Waals surface area contributed by atoms with Crippen LogP contribution in [0.3, 0.4) is 0 Å². The maximum Gasteiger partial charge on any atom is 0.337 e. The molecule has 0 N–H and O–H groups in total. The summed E-state index contributed by atoms with van der Waals surface area (Å²) in [6, 6.07) is 22.9. The zero-order valence-electron chi connectivity index (χ0n) is 18.3. The second-order valence-electron chi connectivity index (χ2n) is 8.28. The third-order valence-electron chi connectivity index (χ3n) is 6.34. The molecule has 2 aliphatic rings. The number of rotatable bonds is 5. The molecule has 1 atom stereocenters. The molecule has 3 aromatic rings. The highest BCUT2D eigenvalue weighted by Crippen LogP contribution is 2.44. The van der Waals surface area contributed by atoms with Crippen molar-refractivity contribution in [1.29, 1.82) is 0 Å². The van der Waals surface area contributed by atoms with Crippen molar-refractivity contribution >= 4 is 17.7 Å². The summed E-state index contributed by atoms with van der Waals surface area (Å²) in [5.41, 5.74) is 7.01. The molecule has 164 valence electrons. The van der Waals surface area contributed by atoms with Crippen molar-refractivity contribution in [3.8, 4) is 5.75 Å². The van der Waals surface area contributed by atoms with Crippen LogP contribution in [-0.2, 0) is 24.3 Å². The van der Waals surface area contributed by atoms with Gasteiger partial charge in [-0.05, 0) is 46.9 Å². The fraction of sp³-hybridized carbons (Fsp3) is 0.296. The molecule has 0 radical (unpaired) electrons. The van der Waals surface area contributed by atoms with Gasteiger partial charge < -0.3 is 9.47 Å². The van der Waals surface area contributed by atoms with E-state index in [9.17, 15) is 4.79 Å². The number of benzene rings is 3. The smallest absolute Gasteiger partial charge is 0.337 e. The Balaban J connectivity index is 1.37. The van der Waals surface area contributed by atoms with Crippen LogP contribution in [0.1, 0.15) is 43.4 Å². The maximum atomic E-state index is 12.2. The van der Waals surface area contributed by atoms with Crippen LogP contribution in [0.4, 0.5) is 0 Å². The Morgan fingerprint density at radius 1 is 1.03 bits per heavy atom. The van der Waals surface area contributed by atoms with Gasteiger partial charge in [0.2, 0.25) is 0 Å². The van der Waals surface area contributed by atoms with Gasteiger partial charge in [-0.3, -0.25) is 4.90 Å². The minimum atomic E-state index is -0.318. The monoisotopic (exact) mass is 445 g/mol. The Labute approximate surface area is 193 Å². The lowest BCUT2D eigenvalue weighted by molar-refractivity contribution is 0.0600. The summed E-state index contributed by atoms with van der Waals surface area (Å²) in [7, 11) is 1.42. The minimum absolute atomic E-state index is 0.116. The van der Waals surface area contributed by atoms with Gasteiger partial charge in [0.15, 0.2) is 0 Å². The molecule has 0 aliphatic carbocycles. The summed E-state index contributed by atoms with van der Waals surface area (Å²) in [5.74, 6) is 1.53. The lowest BCUT2D eigenvalue weighted by Crippen LogP contribution is -2.32. The van der Waals surface area contributed by atoms with E-state index in [0.29, 0.717) is 12.2 Å². The molecule has 4 nitrogen and oxygen atoms in total. The summed E-state index contributed by atoms with van der Waals surface area (Å²) in [6.45, 7) is 3.69. The van der Waals surface area contributed by atoms with Crippen molar-refractivity contribution in [3.63, 3.8) is 0 Å². The van der Waals surface area contributed by atoms with Gasteiger partial charge in [0.1, 0.15) is 12.4 Å². The first-order valence-electron chi connectivity index (χ1n) is 11.1. The highest BCUT2D eigenvalue weighted by atomic mass is 32.2. The number of methoxy groups -OCH3 is 1. The van der Waals surface area contributed by atoms with E-state index in [2.05, 4.69) is 53.4 Å². The highest BCUT2D eigenvalue weighted by Gasteiger charge is 2.27. The first-order valence-corrected chi connectivity index (χ1v) is 12.1. The quantitative estimate of drug-likeness (QED) is 0.502. The van der Waals surface area contributed by atoms with Crippen LogP contribution in [-0.4, -0.2) is 36.8 Å². The van der Waals surface area contributed by atoms with E-state index in [1.54, 1.807) is 6.07 Å². The molecule has 5 heteroatoms. The Morgan fingerprint density at radius 3 is 2.66 bits per heavy atom. The van der Waals surface area contributed by atoms with Crippen LogP contribution < -0.4 is 4.74 Å². The molecule has 0 saturated heterocycles. The molecule has 5 rings (SSSR count). The number of carbonyl (C=O) groups is 1. The van der Waals surface area contributed by atoms with Crippen LogP contribution in [0.2, 0.25) is 0 Å². The Morgan fingerprint density at radius 2 is 1.81 bits per heavy atom. The largest absolute Gasteiger partial charge is 0.489 e. The Kier molecular flexibility index (Phi) is 6.19. The van der Waals surface area contributed by atoms with Gasteiger partial charge >= 0.3 is 5.97 Å². The molecule has 0 spiro atoms. The SMILES string of the molecule is COC(=O)c1ccc2c(c1)C(SCCN1CCc3ccccc3C1)c1ccccc1CO2. The first-order chi connectivity index (χ1) is 15.7. The predicted molar refractivity (Wildman–Crippen MR) is 128 cm³/mol. The fourth-order valence-electron chi connectivity index (χ4n) is 4.60. The summed E-state index contributed by atoms with van der Waals surface area (Å²) in [5, 5.41) is 0.116. The summed E-state index contributed by atoms with van der Waals surface area (Å²) in [4.78, 5) is 14.7. The molecule has 0 saturated carbocycles. The average Bonchev–Trinajstić information content (AvgIpc) is 3.00. The molecular weight excluding hydrogens is 418 g/mol. The van der Waals surface area contributed by atoms with Crippen LogP contribution in [0.5, 0.6) is 5.75 Å². The number of esters is 1. The normalized spacial score (nSPS) is 17.3. The second kappa shape index (κ2) is 9.39. The molecule has 0 aromatic heterocycles. The first kappa shape index (κ1) is 21.1. The Bertz CT molecular complexity index is 1130. The van der Waals surface area contributed by atoms with E-state index in [1.165, 1.54) is 29.4 Å². The van der Waals surface area contributed by atoms with E-state index >= 15 is 0 Å². The summed E-state index contributed by atoms with van der Waals surface area (Å²) < 4.78 is 11.1. The van der Waals surface area contributed by atoms with Crippen molar-refractivity contribution in [3.05, 3.63) is 100 Å². The van der Waals surface area contributed by atoms with E-state index in [4.69, 9.17) is 9.47 Å². The standard InChI is InChI=1S/C27H27NO3S/c1-30-27(29)20-10-11-25-24(16-20)26(23-9-5-4-8-22(23)18-31-25)32-15-14-28-13-12-19-6-2-3-7-21(19)17-28/h2-11,16,26H,12-15,17-18H2,1H3. The number of carbonyl (C=O) groups excluding carboxylic acids is 1. The molecule has 1 unspecified atom stereocenters. The fourth-order valence-corrected chi connectivity index (χ4v) is 5.97. The van der Waals surface area contributed by atoms with Crippen molar-refractivity contribution < 1.29 is 14.3 Å². The third kappa shape index (κ3) is 4.27. The number of hydrogen-bond donors (Lipinski definition) is 0. The van der Waals surface area contributed by atoms with Crippen molar-refractivity contribution in [2.45, 2.75) is 24.8 Å². The molecule has 0 fully saturated rings. The summed E-state index contributed by atoms with van der Waals surface area (Å²) >= 11 is 1.93. The molecule has 3 aromatic carbocycles. The predicted octanol–water partition coefficient (Wildman–Crippen LogP) is 5.25. The number of nitrogens with zero attached hydrogens (tertiary/aromatic N) is 1. The number of fused-ring (bicyclic) bond motifs is 3. The molecule has 32 heavy (non-hydrogen) atoms. The van der Waals surface area contributed by atoms with Gasteiger partial charge in [0.05, 0.1) is 17.9 Å². The van der Waals surface area contributed by atoms with E-state index < -0.39 is 0 Å². The van der Waals surface area contributed by atoms with Crippen molar-refractivity contribution in [1.82, 2.24) is 4.90 Å². The molecule has 2 aliphatic heterocycles.